The van der Waals surface area contributed by atoms with Crippen molar-refractivity contribution in [2.75, 3.05) is 5.32 Å². The molecule has 2 heteroatoms. The van der Waals surface area contributed by atoms with Gasteiger partial charge in [-0.2, -0.15) is 0 Å². The van der Waals surface area contributed by atoms with E-state index in [4.69, 9.17) is 0 Å². The van der Waals surface area contributed by atoms with E-state index < -0.39 is 0 Å². The SMILES string of the molecule is C=Cc1ccccc1Nc1cccnc1. The molecule has 0 bridgehead atoms. The van der Waals surface area contributed by atoms with Crippen molar-refractivity contribution < 1.29 is 0 Å². The molecule has 0 spiro atoms. The molecule has 0 aliphatic heterocycles. The van der Waals surface area contributed by atoms with Crippen LogP contribution in [0.15, 0.2) is 55.4 Å². The van der Waals surface area contributed by atoms with Crippen molar-refractivity contribution in [3.05, 3.63) is 60.9 Å². The molecule has 2 aromatic rings. The van der Waals surface area contributed by atoms with Crippen LogP contribution in [0.25, 0.3) is 6.08 Å². The lowest BCUT2D eigenvalue weighted by molar-refractivity contribution is 1.32. The van der Waals surface area contributed by atoms with Crippen LogP contribution in [-0.2, 0) is 0 Å². The highest BCUT2D eigenvalue weighted by atomic mass is 14.9. The van der Waals surface area contributed by atoms with E-state index in [1.54, 1.807) is 12.4 Å². The Hall–Kier alpha value is -2.09. The van der Waals surface area contributed by atoms with E-state index in [1.165, 1.54) is 0 Å². The van der Waals surface area contributed by atoms with Gasteiger partial charge in [-0.1, -0.05) is 30.9 Å². The summed E-state index contributed by atoms with van der Waals surface area (Å²) in [5.41, 5.74) is 3.11. The quantitative estimate of drug-likeness (QED) is 0.813. The maximum absolute atomic E-state index is 4.05. The Kier molecular flexibility index (Phi) is 2.79. The van der Waals surface area contributed by atoms with Crippen LogP contribution in [0.1, 0.15) is 5.56 Å². The summed E-state index contributed by atoms with van der Waals surface area (Å²) < 4.78 is 0. The monoisotopic (exact) mass is 196 g/mol. The zero-order valence-corrected chi connectivity index (χ0v) is 8.35. The zero-order valence-electron chi connectivity index (χ0n) is 8.35. The molecule has 2 nitrogen and oxygen atoms in total. The van der Waals surface area contributed by atoms with Gasteiger partial charge in [-0.25, -0.2) is 0 Å². The highest BCUT2D eigenvalue weighted by Crippen LogP contribution is 2.20. The molecule has 0 amide bonds. The van der Waals surface area contributed by atoms with Crippen LogP contribution in [0.4, 0.5) is 11.4 Å². The maximum Gasteiger partial charge on any atom is 0.0570 e. The molecule has 0 saturated heterocycles. The average molecular weight is 196 g/mol. The molecule has 0 aliphatic carbocycles. The summed E-state index contributed by atoms with van der Waals surface area (Å²) in [5.74, 6) is 0. The first-order valence-corrected chi connectivity index (χ1v) is 4.78. The van der Waals surface area contributed by atoms with E-state index in [2.05, 4.69) is 16.9 Å². The molecule has 1 heterocycles. The molecule has 1 aromatic heterocycles. The normalized spacial score (nSPS) is 9.60. The van der Waals surface area contributed by atoms with Gasteiger partial charge in [0.15, 0.2) is 0 Å². The second-order valence-corrected chi connectivity index (χ2v) is 3.16. The van der Waals surface area contributed by atoms with E-state index in [-0.39, 0.29) is 0 Å². The molecule has 0 atom stereocenters. The highest BCUT2D eigenvalue weighted by molar-refractivity contribution is 5.70. The predicted octanol–water partition coefficient (Wildman–Crippen LogP) is 3.47. The van der Waals surface area contributed by atoms with E-state index in [0.717, 1.165) is 16.9 Å². The van der Waals surface area contributed by atoms with Crippen molar-refractivity contribution in [2.45, 2.75) is 0 Å². The van der Waals surface area contributed by atoms with E-state index in [1.807, 2.05) is 42.5 Å². The van der Waals surface area contributed by atoms with Crippen molar-refractivity contribution in [3.63, 3.8) is 0 Å². The van der Waals surface area contributed by atoms with Crippen LogP contribution in [-0.4, -0.2) is 4.98 Å². The number of anilines is 2. The molecule has 74 valence electrons. The van der Waals surface area contributed by atoms with Gasteiger partial charge in [0.2, 0.25) is 0 Å². The summed E-state index contributed by atoms with van der Waals surface area (Å²) in [6.45, 7) is 3.78. The van der Waals surface area contributed by atoms with Gasteiger partial charge in [-0.15, -0.1) is 0 Å². The Morgan fingerprint density at radius 3 is 2.73 bits per heavy atom. The molecule has 0 unspecified atom stereocenters. The molecule has 1 aromatic carbocycles. The highest BCUT2D eigenvalue weighted by Gasteiger charge is 1.97. The van der Waals surface area contributed by atoms with E-state index in [9.17, 15) is 0 Å². The van der Waals surface area contributed by atoms with E-state index in [0.29, 0.717) is 0 Å². The van der Waals surface area contributed by atoms with Gasteiger partial charge in [0.1, 0.15) is 0 Å². The third-order valence-corrected chi connectivity index (χ3v) is 2.12. The fourth-order valence-electron chi connectivity index (χ4n) is 1.38. The minimum absolute atomic E-state index is 0.979. The number of para-hydroxylation sites is 1. The Morgan fingerprint density at radius 2 is 2.00 bits per heavy atom. The van der Waals surface area contributed by atoms with Crippen LogP contribution in [0.5, 0.6) is 0 Å². The van der Waals surface area contributed by atoms with Crippen LogP contribution in [0.2, 0.25) is 0 Å². The lowest BCUT2D eigenvalue weighted by atomic mass is 10.1. The van der Waals surface area contributed by atoms with Gasteiger partial charge in [-0.05, 0) is 23.8 Å². The van der Waals surface area contributed by atoms with Gasteiger partial charge in [-0.3, -0.25) is 4.98 Å². The van der Waals surface area contributed by atoms with Gasteiger partial charge < -0.3 is 5.32 Å². The summed E-state index contributed by atoms with van der Waals surface area (Å²) >= 11 is 0. The second kappa shape index (κ2) is 4.42. The smallest absolute Gasteiger partial charge is 0.0570 e. The Morgan fingerprint density at radius 1 is 1.13 bits per heavy atom. The molecular weight excluding hydrogens is 184 g/mol. The van der Waals surface area contributed by atoms with Crippen molar-refractivity contribution in [2.24, 2.45) is 0 Å². The number of nitrogens with zero attached hydrogens (tertiary/aromatic N) is 1. The molecule has 0 radical (unpaired) electrons. The molecule has 0 fully saturated rings. The number of nitrogens with one attached hydrogen (secondary N) is 1. The van der Waals surface area contributed by atoms with Gasteiger partial charge in [0, 0.05) is 11.9 Å². The number of benzene rings is 1. The third-order valence-electron chi connectivity index (χ3n) is 2.12. The summed E-state index contributed by atoms with van der Waals surface area (Å²) in [5, 5.41) is 3.29. The van der Waals surface area contributed by atoms with Gasteiger partial charge in [0.05, 0.1) is 11.9 Å². The largest absolute Gasteiger partial charge is 0.354 e. The standard InChI is InChI=1S/C13H12N2/c1-2-11-6-3-4-8-13(11)15-12-7-5-9-14-10-12/h2-10,15H,1H2. The molecular formula is C13H12N2. The Bertz CT molecular complexity index is 449. The third kappa shape index (κ3) is 2.23. The van der Waals surface area contributed by atoms with E-state index >= 15 is 0 Å². The summed E-state index contributed by atoms with van der Waals surface area (Å²) in [6.07, 6.45) is 5.38. The Balaban J connectivity index is 2.28. The lowest BCUT2D eigenvalue weighted by Crippen LogP contribution is -1.92. The second-order valence-electron chi connectivity index (χ2n) is 3.16. The zero-order chi connectivity index (χ0) is 10.5. The summed E-state index contributed by atoms with van der Waals surface area (Å²) in [4.78, 5) is 4.05. The van der Waals surface area contributed by atoms with Crippen molar-refractivity contribution in [1.82, 2.24) is 4.98 Å². The minimum atomic E-state index is 0.979. The number of hydrogen-bond donors (Lipinski definition) is 1. The van der Waals surface area contributed by atoms with Crippen molar-refractivity contribution >= 4 is 17.5 Å². The van der Waals surface area contributed by atoms with Crippen molar-refractivity contribution in [1.29, 1.82) is 0 Å². The average Bonchev–Trinajstić information content (AvgIpc) is 2.31. The minimum Gasteiger partial charge on any atom is -0.354 e. The van der Waals surface area contributed by atoms with Crippen molar-refractivity contribution in [3.8, 4) is 0 Å². The molecule has 2 rings (SSSR count). The van der Waals surface area contributed by atoms with Crippen LogP contribution >= 0.6 is 0 Å². The lowest BCUT2D eigenvalue weighted by Gasteiger charge is -2.08. The summed E-state index contributed by atoms with van der Waals surface area (Å²) in [7, 11) is 0. The first-order valence-electron chi connectivity index (χ1n) is 4.78. The summed E-state index contributed by atoms with van der Waals surface area (Å²) in [6, 6.07) is 11.9. The first kappa shape index (κ1) is 9.46. The number of rotatable bonds is 3. The van der Waals surface area contributed by atoms with Gasteiger partial charge >= 0.3 is 0 Å². The van der Waals surface area contributed by atoms with Gasteiger partial charge in [0.25, 0.3) is 0 Å². The van der Waals surface area contributed by atoms with Crippen LogP contribution < -0.4 is 5.32 Å². The molecule has 1 N–H and O–H groups in total. The van der Waals surface area contributed by atoms with Crippen LogP contribution in [0.3, 0.4) is 0 Å². The number of pyridine rings is 1. The number of hydrogen-bond acceptors (Lipinski definition) is 2. The van der Waals surface area contributed by atoms with Crippen LogP contribution in [0, 0.1) is 0 Å². The molecule has 15 heavy (non-hydrogen) atoms. The first-order chi connectivity index (χ1) is 7.40. The molecule has 0 aliphatic rings. The molecule has 0 saturated carbocycles. The fraction of sp³-hybridized carbons (Fsp3) is 0. The topological polar surface area (TPSA) is 24.9 Å². The maximum atomic E-state index is 4.05. The fourth-order valence-corrected chi connectivity index (χ4v) is 1.38. The number of aromatic nitrogens is 1. The predicted molar refractivity (Wildman–Crippen MR) is 64.1 cm³/mol. The Labute approximate surface area is 89.3 Å².